The van der Waals surface area contributed by atoms with Gasteiger partial charge >= 0.3 is 0 Å². The zero-order chi connectivity index (χ0) is 33.0. The van der Waals surface area contributed by atoms with Gasteiger partial charge in [0.15, 0.2) is 5.82 Å². The van der Waals surface area contributed by atoms with E-state index in [0.717, 1.165) is 88.0 Å². The molecule has 0 bridgehead atoms. The lowest BCUT2D eigenvalue weighted by molar-refractivity contribution is 1.05. The summed E-state index contributed by atoms with van der Waals surface area (Å²) >= 11 is 0. The molecule has 5 aromatic heterocycles. The minimum Gasteiger partial charge on any atom is -0.254 e. The lowest BCUT2D eigenvalue weighted by Crippen LogP contribution is -1.93. The van der Waals surface area contributed by atoms with Crippen LogP contribution in [0.5, 0.6) is 0 Å². The molecule has 7 heteroatoms. The predicted molar refractivity (Wildman–Crippen MR) is 200 cm³/mol. The van der Waals surface area contributed by atoms with Crippen molar-refractivity contribution >= 4 is 54.4 Å². The summed E-state index contributed by atoms with van der Waals surface area (Å²) in [4.78, 5) is 32.3. The second-order valence-electron chi connectivity index (χ2n) is 12.3. The van der Waals surface area contributed by atoms with Gasteiger partial charge in [0, 0.05) is 38.9 Å². The average molecular weight is 640 g/mol. The number of hydrogen-bond acceptors (Lipinski definition) is 7. The van der Waals surface area contributed by atoms with E-state index in [4.69, 9.17) is 15.0 Å². The van der Waals surface area contributed by atoms with Crippen LogP contribution in [0.1, 0.15) is 0 Å². The van der Waals surface area contributed by atoms with Crippen molar-refractivity contribution in [1.82, 2.24) is 34.9 Å². The molecular weight excluding hydrogens is 615 g/mol. The van der Waals surface area contributed by atoms with Crippen molar-refractivity contribution in [3.63, 3.8) is 0 Å². The normalized spacial score (nSPS) is 11.6. The average Bonchev–Trinajstić information content (AvgIpc) is 3.19. The topological polar surface area (TPSA) is 90.2 Å². The summed E-state index contributed by atoms with van der Waals surface area (Å²) in [6.07, 6.45) is 4.80. The van der Waals surface area contributed by atoms with Crippen molar-refractivity contribution in [1.29, 1.82) is 0 Å². The Balaban J connectivity index is 1.06. The van der Waals surface area contributed by atoms with E-state index in [-0.39, 0.29) is 0 Å². The molecule has 50 heavy (non-hydrogen) atoms. The molecule has 0 aliphatic rings. The molecule has 10 aromatic rings. The summed E-state index contributed by atoms with van der Waals surface area (Å²) in [5.74, 6) is 0.551. The van der Waals surface area contributed by atoms with Gasteiger partial charge in [-0.05, 0) is 58.3 Å². The fourth-order valence-electron chi connectivity index (χ4n) is 6.86. The SMILES string of the molecule is c1cnc2c(c1)ccc1ccc(-c3ccc(-c4ccc5ccc(-c6ccc7ccc(-c8ncncn8)nc7c6)cc5n4)c4ccccc34)nc12. The fourth-order valence-corrected chi connectivity index (χ4v) is 6.86. The van der Waals surface area contributed by atoms with Crippen molar-refractivity contribution < 1.29 is 0 Å². The molecule has 5 heterocycles. The van der Waals surface area contributed by atoms with Crippen LogP contribution >= 0.6 is 0 Å². The minimum absolute atomic E-state index is 0.551. The van der Waals surface area contributed by atoms with Gasteiger partial charge in [0.1, 0.15) is 18.3 Å². The maximum Gasteiger partial charge on any atom is 0.181 e. The van der Waals surface area contributed by atoms with E-state index in [1.165, 1.54) is 12.7 Å². The van der Waals surface area contributed by atoms with Crippen LogP contribution in [0.4, 0.5) is 0 Å². The van der Waals surface area contributed by atoms with Gasteiger partial charge in [0.25, 0.3) is 0 Å². The molecule has 10 rings (SSSR count). The lowest BCUT2D eigenvalue weighted by atomic mass is 9.95. The van der Waals surface area contributed by atoms with Gasteiger partial charge in [0.2, 0.25) is 0 Å². The number of hydrogen-bond donors (Lipinski definition) is 0. The van der Waals surface area contributed by atoms with E-state index in [9.17, 15) is 0 Å². The molecule has 0 saturated carbocycles. The molecule has 0 N–H and O–H groups in total. The lowest BCUT2D eigenvalue weighted by Gasteiger charge is -2.13. The van der Waals surface area contributed by atoms with Crippen molar-refractivity contribution in [3.05, 3.63) is 152 Å². The standard InChI is InChI=1S/C43H25N7/c1-2-6-33-32(5-1)34(16-17-35(33)37-19-15-29-10-9-28-4-3-21-45-41(28)42(29)50-37)36-18-13-26-7-11-30(22-39(26)48-36)31-12-8-27-14-20-38(49-40(27)23-31)43-46-24-44-25-47-43/h1-25H. The molecule has 5 aromatic carbocycles. The number of pyridine rings is 4. The van der Waals surface area contributed by atoms with Crippen LogP contribution in [0, 0.1) is 0 Å². The summed E-state index contributed by atoms with van der Waals surface area (Å²) in [6.45, 7) is 0. The van der Waals surface area contributed by atoms with Gasteiger partial charge in [-0.3, -0.25) is 4.98 Å². The summed E-state index contributed by atoms with van der Waals surface area (Å²) in [5.41, 5.74) is 10.4. The van der Waals surface area contributed by atoms with Gasteiger partial charge in [-0.25, -0.2) is 29.9 Å². The summed E-state index contributed by atoms with van der Waals surface area (Å²) < 4.78 is 0. The Morgan fingerprint density at radius 2 is 0.920 bits per heavy atom. The second kappa shape index (κ2) is 11.3. The van der Waals surface area contributed by atoms with E-state index in [2.05, 4.69) is 135 Å². The maximum atomic E-state index is 5.21. The highest BCUT2D eigenvalue weighted by molar-refractivity contribution is 6.07. The van der Waals surface area contributed by atoms with Crippen LogP contribution in [0.15, 0.2) is 152 Å². The molecular formula is C43H25N7. The van der Waals surface area contributed by atoms with Gasteiger partial charge in [-0.1, -0.05) is 97.1 Å². The quantitative estimate of drug-likeness (QED) is 0.177. The summed E-state index contributed by atoms with van der Waals surface area (Å²) in [6, 6.07) is 46.3. The third-order valence-electron chi connectivity index (χ3n) is 9.35. The molecule has 0 aliphatic heterocycles. The van der Waals surface area contributed by atoms with E-state index in [1.807, 2.05) is 24.4 Å². The van der Waals surface area contributed by atoms with E-state index in [0.29, 0.717) is 11.5 Å². The zero-order valence-electron chi connectivity index (χ0n) is 26.6. The molecule has 232 valence electrons. The van der Waals surface area contributed by atoms with Crippen molar-refractivity contribution in [3.8, 4) is 45.2 Å². The van der Waals surface area contributed by atoms with Crippen molar-refractivity contribution in [2.45, 2.75) is 0 Å². The molecule has 0 atom stereocenters. The number of rotatable bonds is 4. The third-order valence-corrected chi connectivity index (χ3v) is 9.35. The summed E-state index contributed by atoms with van der Waals surface area (Å²) in [7, 11) is 0. The molecule has 0 aliphatic carbocycles. The first kappa shape index (κ1) is 28.1. The first-order valence-corrected chi connectivity index (χ1v) is 16.4. The molecule has 0 spiro atoms. The highest BCUT2D eigenvalue weighted by atomic mass is 15.0. The zero-order valence-corrected chi connectivity index (χ0v) is 26.6. The molecule has 0 fully saturated rings. The van der Waals surface area contributed by atoms with Crippen LogP contribution in [0.25, 0.3) is 99.5 Å². The summed E-state index contributed by atoms with van der Waals surface area (Å²) in [5, 5.41) is 6.53. The molecule has 7 nitrogen and oxygen atoms in total. The first-order valence-electron chi connectivity index (χ1n) is 16.4. The van der Waals surface area contributed by atoms with Crippen molar-refractivity contribution in [2.75, 3.05) is 0 Å². The van der Waals surface area contributed by atoms with Crippen LogP contribution < -0.4 is 0 Å². The molecule has 0 unspecified atom stereocenters. The fraction of sp³-hybridized carbons (Fsp3) is 0. The first-order chi connectivity index (χ1) is 24.7. The largest absolute Gasteiger partial charge is 0.254 e. The number of fused-ring (bicyclic) bond motifs is 6. The van der Waals surface area contributed by atoms with Crippen LogP contribution in [0.3, 0.4) is 0 Å². The smallest absolute Gasteiger partial charge is 0.181 e. The molecule has 0 radical (unpaired) electrons. The molecule has 0 saturated heterocycles. The Labute approximate surface area is 286 Å². The van der Waals surface area contributed by atoms with Crippen LogP contribution in [-0.4, -0.2) is 34.9 Å². The van der Waals surface area contributed by atoms with Crippen LogP contribution in [0.2, 0.25) is 0 Å². The van der Waals surface area contributed by atoms with E-state index in [1.54, 1.807) is 0 Å². The van der Waals surface area contributed by atoms with E-state index < -0.39 is 0 Å². The number of aromatic nitrogens is 7. The van der Waals surface area contributed by atoms with Gasteiger partial charge in [-0.2, -0.15) is 0 Å². The highest BCUT2D eigenvalue weighted by Gasteiger charge is 2.14. The number of nitrogens with zero attached hydrogens (tertiary/aromatic N) is 7. The van der Waals surface area contributed by atoms with Crippen molar-refractivity contribution in [2.24, 2.45) is 0 Å². The minimum atomic E-state index is 0.551. The maximum absolute atomic E-state index is 5.21. The Hall–Kier alpha value is -6.99. The third kappa shape index (κ3) is 4.71. The Kier molecular flexibility index (Phi) is 6.35. The van der Waals surface area contributed by atoms with Crippen LogP contribution in [-0.2, 0) is 0 Å². The van der Waals surface area contributed by atoms with Gasteiger partial charge in [-0.15, -0.1) is 0 Å². The Bertz CT molecular complexity index is 2940. The van der Waals surface area contributed by atoms with Gasteiger partial charge in [0.05, 0.1) is 33.5 Å². The Morgan fingerprint density at radius 3 is 1.60 bits per heavy atom. The van der Waals surface area contributed by atoms with Gasteiger partial charge < -0.3 is 0 Å². The highest BCUT2D eigenvalue weighted by Crippen LogP contribution is 2.37. The molecule has 0 amide bonds. The van der Waals surface area contributed by atoms with E-state index >= 15 is 0 Å². The second-order valence-corrected chi connectivity index (χ2v) is 12.3. The predicted octanol–water partition coefficient (Wildman–Crippen LogP) is 9.89. The monoisotopic (exact) mass is 639 g/mol. The Morgan fingerprint density at radius 1 is 0.380 bits per heavy atom. The number of benzene rings is 5.